The molecule has 1 saturated heterocycles. The number of halogens is 2. The first kappa shape index (κ1) is 23.4. The van der Waals surface area contributed by atoms with Gasteiger partial charge in [0.1, 0.15) is 0 Å². The summed E-state index contributed by atoms with van der Waals surface area (Å²) in [7, 11) is -4.56. The van der Waals surface area contributed by atoms with Crippen molar-refractivity contribution >= 4 is 13.8 Å². The number of esters is 1. The number of ether oxygens (including phenoxy) is 2. The molecule has 1 aliphatic heterocycles. The fraction of sp³-hybridized carbons (Fsp3) is 0.667. The van der Waals surface area contributed by atoms with Crippen molar-refractivity contribution in [1.82, 2.24) is 9.55 Å². The standard InChI is InChI=1S/C15H21F2N2O9P/c1-2-25-12(21)4-3-7-26-29(23,24)27-9-10-8-15(16,17)13(28-10)19-6-5-11(20)18-14(19)22/h5-6,10,13H,2-4,7-9H2,1H3,(H,23,24)(H,18,20,22)/t10?,13-/m1/s1. The first-order valence-electron chi connectivity index (χ1n) is 8.66. The molecule has 0 radical (unpaired) electrons. The summed E-state index contributed by atoms with van der Waals surface area (Å²) in [5, 5.41) is 0. The highest BCUT2D eigenvalue weighted by atomic mass is 31.2. The third-order valence-electron chi connectivity index (χ3n) is 3.79. The number of phosphoric ester groups is 1. The van der Waals surface area contributed by atoms with Crippen LogP contribution < -0.4 is 11.2 Å². The van der Waals surface area contributed by atoms with Crippen molar-refractivity contribution in [1.29, 1.82) is 0 Å². The van der Waals surface area contributed by atoms with Crippen molar-refractivity contribution in [2.45, 2.75) is 44.4 Å². The molecule has 1 aliphatic rings. The number of hydrogen-bond acceptors (Lipinski definition) is 8. The van der Waals surface area contributed by atoms with E-state index in [0.717, 1.165) is 12.3 Å². The predicted octanol–water partition coefficient (Wildman–Crippen LogP) is 0.936. The quantitative estimate of drug-likeness (QED) is 0.307. The molecule has 2 N–H and O–H groups in total. The van der Waals surface area contributed by atoms with Gasteiger partial charge in [0, 0.05) is 25.1 Å². The van der Waals surface area contributed by atoms with Crippen LogP contribution in [-0.2, 0) is 27.9 Å². The van der Waals surface area contributed by atoms with Crippen molar-refractivity contribution in [2.75, 3.05) is 19.8 Å². The minimum atomic E-state index is -4.56. The molecule has 11 nitrogen and oxygen atoms in total. The third-order valence-corrected chi connectivity index (χ3v) is 4.78. The molecule has 14 heteroatoms. The van der Waals surface area contributed by atoms with Crippen LogP contribution in [0.5, 0.6) is 0 Å². The van der Waals surface area contributed by atoms with Gasteiger partial charge in [-0.3, -0.25) is 28.2 Å². The molecule has 0 aromatic carbocycles. The molecule has 0 amide bonds. The molecule has 29 heavy (non-hydrogen) atoms. The SMILES string of the molecule is CCOC(=O)CCCOP(=O)(O)OCC1CC(F)(F)[C@H](n2ccc(=O)[nH]c2=O)O1. The third kappa shape index (κ3) is 6.82. The van der Waals surface area contributed by atoms with E-state index in [1.807, 2.05) is 4.98 Å². The molecule has 0 aliphatic carbocycles. The Kier molecular flexibility index (Phi) is 7.83. The zero-order valence-corrected chi connectivity index (χ0v) is 16.3. The number of phosphoric acid groups is 1. The van der Waals surface area contributed by atoms with Crippen LogP contribution in [0.2, 0.25) is 0 Å². The van der Waals surface area contributed by atoms with Crippen LogP contribution >= 0.6 is 7.82 Å². The Labute approximate surface area is 163 Å². The Morgan fingerprint density at radius 1 is 1.45 bits per heavy atom. The number of rotatable bonds is 10. The number of carbonyl (C=O) groups is 1. The van der Waals surface area contributed by atoms with E-state index in [-0.39, 0.29) is 26.1 Å². The van der Waals surface area contributed by atoms with Gasteiger partial charge in [-0.2, -0.15) is 0 Å². The van der Waals surface area contributed by atoms with E-state index in [2.05, 4.69) is 13.8 Å². The number of nitrogens with zero attached hydrogens (tertiary/aromatic N) is 1. The second kappa shape index (κ2) is 9.72. The second-order valence-corrected chi connectivity index (χ2v) is 7.55. The molecule has 0 saturated carbocycles. The molecule has 2 rings (SSSR count). The maximum Gasteiger partial charge on any atom is 0.472 e. The van der Waals surface area contributed by atoms with Crippen LogP contribution in [0.25, 0.3) is 0 Å². The molecule has 3 atom stereocenters. The maximum absolute atomic E-state index is 14.2. The summed E-state index contributed by atoms with van der Waals surface area (Å²) < 4.78 is 59.8. The molecule has 1 aromatic heterocycles. The van der Waals surface area contributed by atoms with Gasteiger partial charge in [-0.1, -0.05) is 0 Å². The van der Waals surface area contributed by atoms with Crippen molar-refractivity contribution < 1.29 is 41.6 Å². The summed E-state index contributed by atoms with van der Waals surface area (Å²) in [5.41, 5.74) is -1.84. The van der Waals surface area contributed by atoms with Crippen LogP contribution in [0.1, 0.15) is 32.4 Å². The lowest BCUT2D eigenvalue weighted by Gasteiger charge is -2.19. The van der Waals surface area contributed by atoms with Crippen molar-refractivity contribution in [2.24, 2.45) is 0 Å². The van der Waals surface area contributed by atoms with E-state index in [1.165, 1.54) is 0 Å². The number of alkyl halides is 2. The van der Waals surface area contributed by atoms with Crippen LogP contribution in [0.15, 0.2) is 21.9 Å². The van der Waals surface area contributed by atoms with E-state index in [1.54, 1.807) is 6.92 Å². The van der Waals surface area contributed by atoms with Gasteiger partial charge < -0.3 is 14.4 Å². The van der Waals surface area contributed by atoms with Gasteiger partial charge in [0.15, 0.2) is 0 Å². The average Bonchev–Trinajstić information content (AvgIpc) is 2.92. The summed E-state index contributed by atoms with van der Waals surface area (Å²) in [6.07, 6.45) is -3.26. The molecule has 2 unspecified atom stereocenters. The van der Waals surface area contributed by atoms with Crippen LogP contribution in [0.4, 0.5) is 8.78 Å². The average molecular weight is 442 g/mol. The minimum absolute atomic E-state index is 0.0264. The number of aromatic amines is 1. The molecule has 164 valence electrons. The number of nitrogens with one attached hydrogen (secondary N) is 1. The monoisotopic (exact) mass is 442 g/mol. The number of H-pyrrole nitrogens is 1. The summed E-state index contributed by atoms with van der Waals surface area (Å²) in [6, 6.07) is 0.886. The fourth-order valence-corrected chi connectivity index (χ4v) is 3.35. The largest absolute Gasteiger partial charge is 0.472 e. The van der Waals surface area contributed by atoms with E-state index >= 15 is 0 Å². The van der Waals surface area contributed by atoms with Crippen molar-refractivity contribution in [3.8, 4) is 0 Å². The van der Waals surface area contributed by atoms with Gasteiger partial charge >= 0.3 is 19.5 Å². The van der Waals surface area contributed by atoms with Crippen LogP contribution in [-0.4, -0.2) is 52.3 Å². The van der Waals surface area contributed by atoms with Gasteiger partial charge in [-0.05, 0) is 13.3 Å². The Hall–Kier alpha value is -1.92. The highest BCUT2D eigenvalue weighted by Gasteiger charge is 2.52. The lowest BCUT2D eigenvalue weighted by atomic mass is 10.2. The van der Waals surface area contributed by atoms with Gasteiger partial charge in [-0.15, -0.1) is 0 Å². The zero-order valence-electron chi connectivity index (χ0n) is 15.4. The normalized spacial score (nSPS) is 22.9. The van der Waals surface area contributed by atoms with Crippen molar-refractivity contribution in [3.05, 3.63) is 33.1 Å². The Morgan fingerprint density at radius 2 is 2.17 bits per heavy atom. The molecule has 1 fully saturated rings. The first-order valence-corrected chi connectivity index (χ1v) is 10.2. The Bertz CT molecular complexity index is 872. The first-order chi connectivity index (χ1) is 13.5. The molecular weight excluding hydrogens is 421 g/mol. The maximum atomic E-state index is 14.2. The minimum Gasteiger partial charge on any atom is -0.466 e. The zero-order chi connectivity index (χ0) is 21.7. The summed E-state index contributed by atoms with van der Waals surface area (Å²) in [4.78, 5) is 45.3. The topological polar surface area (TPSA) is 146 Å². The van der Waals surface area contributed by atoms with E-state index in [9.17, 15) is 32.6 Å². The fourth-order valence-electron chi connectivity index (χ4n) is 2.56. The smallest absolute Gasteiger partial charge is 0.466 e. The lowest BCUT2D eigenvalue weighted by molar-refractivity contribution is -0.143. The van der Waals surface area contributed by atoms with Crippen LogP contribution in [0.3, 0.4) is 0 Å². The van der Waals surface area contributed by atoms with Gasteiger partial charge in [-0.25, -0.2) is 18.1 Å². The molecular formula is C15H21F2N2O9P. The van der Waals surface area contributed by atoms with Gasteiger partial charge in [0.25, 0.3) is 11.5 Å². The molecule has 1 aromatic rings. The highest BCUT2D eigenvalue weighted by molar-refractivity contribution is 7.47. The Balaban J connectivity index is 1.86. The van der Waals surface area contributed by atoms with Crippen LogP contribution in [0, 0.1) is 0 Å². The van der Waals surface area contributed by atoms with E-state index < -0.39 is 56.3 Å². The van der Waals surface area contributed by atoms with Gasteiger partial charge in [0.2, 0.25) is 6.23 Å². The second-order valence-electron chi connectivity index (χ2n) is 6.10. The van der Waals surface area contributed by atoms with Gasteiger partial charge in [0.05, 0.1) is 25.9 Å². The molecule has 0 spiro atoms. The highest BCUT2D eigenvalue weighted by Crippen LogP contribution is 2.46. The molecule has 2 heterocycles. The predicted molar refractivity (Wildman–Crippen MR) is 92.4 cm³/mol. The summed E-state index contributed by atoms with van der Waals surface area (Å²) in [5.74, 6) is -3.98. The number of hydrogen-bond donors (Lipinski definition) is 2. The van der Waals surface area contributed by atoms with E-state index in [0.29, 0.717) is 4.57 Å². The van der Waals surface area contributed by atoms with Crippen molar-refractivity contribution in [3.63, 3.8) is 0 Å². The number of carbonyl (C=O) groups excluding carboxylic acids is 1. The number of aromatic nitrogens is 2. The summed E-state index contributed by atoms with van der Waals surface area (Å²) >= 11 is 0. The lowest BCUT2D eigenvalue weighted by Crippen LogP contribution is -2.37. The summed E-state index contributed by atoms with van der Waals surface area (Å²) in [6.45, 7) is 0.857. The Morgan fingerprint density at radius 3 is 2.83 bits per heavy atom. The molecule has 0 bridgehead atoms. The van der Waals surface area contributed by atoms with E-state index in [4.69, 9.17) is 4.74 Å².